The average molecular weight is 315 g/mol. The summed E-state index contributed by atoms with van der Waals surface area (Å²) in [6.07, 6.45) is 0. The summed E-state index contributed by atoms with van der Waals surface area (Å²) in [5.41, 5.74) is -0.105. The smallest absolute Gasteiger partial charge is 0.307 e. The van der Waals surface area contributed by atoms with Crippen LogP contribution in [0.5, 0.6) is 0 Å². The van der Waals surface area contributed by atoms with Crippen molar-refractivity contribution in [2.24, 2.45) is 17.3 Å². The molecule has 0 aliphatic heterocycles. The fourth-order valence-electron chi connectivity index (χ4n) is 2.53. The van der Waals surface area contributed by atoms with Gasteiger partial charge in [-0.3, -0.25) is 9.59 Å². The molecule has 0 radical (unpaired) electrons. The highest BCUT2D eigenvalue weighted by molar-refractivity contribution is 7.99. The molecule has 2 N–H and O–H groups in total. The second-order valence-electron chi connectivity index (χ2n) is 5.51. The average Bonchev–Trinajstić information content (AvgIpc) is 2.94. The number of carboxylic acids is 1. The number of amides is 1. The molecule has 0 saturated heterocycles. The van der Waals surface area contributed by atoms with Crippen LogP contribution in [0.1, 0.15) is 13.8 Å². The Balaban J connectivity index is 1.99. The molecule has 1 aromatic carbocycles. The highest BCUT2D eigenvalue weighted by atomic mass is 32.2. The number of hydrogen-bond donors (Lipinski definition) is 2. The standard InChI is InChI=1S/C14H15F2NO3S/c1-14(2)9(10(14)12(19)20)11(18)17-7-3-5-8(6-4-7)21-13(15)16/h3-6,9-10,13H,1-2H3,(H,17,18)(H,19,20)/t9-,10+/m1/s1. The fourth-order valence-corrected chi connectivity index (χ4v) is 3.03. The second-order valence-corrected chi connectivity index (χ2v) is 6.57. The van der Waals surface area contributed by atoms with Crippen LogP contribution in [0.15, 0.2) is 29.2 Å². The maximum Gasteiger partial charge on any atom is 0.307 e. The van der Waals surface area contributed by atoms with Crippen molar-refractivity contribution in [1.29, 1.82) is 0 Å². The lowest BCUT2D eigenvalue weighted by molar-refractivity contribution is -0.140. The molecular formula is C14H15F2NO3S. The summed E-state index contributed by atoms with van der Waals surface area (Å²) in [7, 11) is 0. The van der Waals surface area contributed by atoms with Gasteiger partial charge in [-0.15, -0.1) is 0 Å². The number of nitrogens with one attached hydrogen (secondary N) is 1. The van der Waals surface area contributed by atoms with Gasteiger partial charge in [-0.1, -0.05) is 25.6 Å². The molecule has 114 valence electrons. The van der Waals surface area contributed by atoms with E-state index in [1.165, 1.54) is 24.3 Å². The molecular weight excluding hydrogens is 300 g/mol. The van der Waals surface area contributed by atoms with E-state index in [2.05, 4.69) is 5.32 Å². The zero-order valence-electron chi connectivity index (χ0n) is 11.5. The zero-order chi connectivity index (χ0) is 15.8. The van der Waals surface area contributed by atoms with Crippen LogP contribution in [0.2, 0.25) is 0 Å². The molecule has 0 bridgehead atoms. The van der Waals surface area contributed by atoms with Gasteiger partial charge in [0.15, 0.2) is 0 Å². The van der Waals surface area contributed by atoms with E-state index in [0.29, 0.717) is 22.3 Å². The van der Waals surface area contributed by atoms with Gasteiger partial charge in [0, 0.05) is 10.6 Å². The number of halogens is 2. The first-order valence-corrected chi connectivity index (χ1v) is 7.20. The Kier molecular flexibility index (Phi) is 4.22. The molecule has 2 rings (SSSR count). The van der Waals surface area contributed by atoms with Crippen LogP contribution in [0.4, 0.5) is 14.5 Å². The largest absolute Gasteiger partial charge is 0.481 e. The number of carboxylic acid groups (broad SMARTS) is 1. The second kappa shape index (κ2) is 5.63. The first kappa shape index (κ1) is 15.8. The zero-order valence-corrected chi connectivity index (χ0v) is 12.3. The van der Waals surface area contributed by atoms with Gasteiger partial charge in [0.05, 0.1) is 11.8 Å². The fraction of sp³-hybridized carbons (Fsp3) is 0.429. The molecule has 2 atom stereocenters. The minimum absolute atomic E-state index is 0.360. The molecule has 7 heteroatoms. The SMILES string of the molecule is CC1(C)[C@H](C(=O)O)[C@@H]1C(=O)Nc1ccc(SC(F)F)cc1. The number of carbonyl (C=O) groups excluding carboxylic acids is 1. The molecule has 0 spiro atoms. The Morgan fingerprint density at radius 3 is 2.24 bits per heavy atom. The molecule has 0 unspecified atom stereocenters. The van der Waals surface area contributed by atoms with Gasteiger partial charge in [0.25, 0.3) is 5.76 Å². The van der Waals surface area contributed by atoms with E-state index in [9.17, 15) is 18.4 Å². The third-order valence-corrected chi connectivity index (χ3v) is 4.45. The van der Waals surface area contributed by atoms with Gasteiger partial charge in [0.2, 0.25) is 5.91 Å². The van der Waals surface area contributed by atoms with Gasteiger partial charge in [-0.05, 0) is 29.7 Å². The molecule has 1 aliphatic carbocycles. The van der Waals surface area contributed by atoms with Crippen molar-refractivity contribution in [3.63, 3.8) is 0 Å². The summed E-state index contributed by atoms with van der Waals surface area (Å²) in [6.45, 7) is 3.47. The van der Waals surface area contributed by atoms with E-state index in [1.807, 2.05) is 0 Å². The summed E-state index contributed by atoms with van der Waals surface area (Å²) in [5.74, 6) is -5.10. The molecule has 4 nitrogen and oxygen atoms in total. The minimum Gasteiger partial charge on any atom is -0.481 e. The van der Waals surface area contributed by atoms with Gasteiger partial charge >= 0.3 is 5.97 Å². The first-order chi connectivity index (χ1) is 9.73. The number of thioether (sulfide) groups is 1. The normalized spacial score (nSPS) is 22.9. The van der Waals surface area contributed by atoms with E-state index < -0.39 is 29.0 Å². The number of rotatable bonds is 5. The number of carbonyl (C=O) groups is 2. The van der Waals surface area contributed by atoms with Crippen LogP contribution in [0, 0.1) is 17.3 Å². The van der Waals surface area contributed by atoms with Crippen LogP contribution in [0.3, 0.4) is 0 Å². The predicted octanol–water partition coefficient (Wildman–Crippen LogP) is 3.30. The van der Waals surface area contributed by atoms with Gasteiger partial charge in [-0.2, -0.15) is 8.78 Å². The van der Waals surface area contributed by atoms with Crippen LogP contribution in [-0.4, -0.2) is 22.7 Å². The number of alkyl halides is 2. The maximum absolute atomic E-state index is 12.2. The Morgan fingerprint density at radius 2 is 1.81 bits per heavy atom. The summed E-state index contributed by atoms with van der Waals surface area (Å²) in [5, 5.41) is 11.7. The lowest BCUT2D eigenvalue weighted by atomic mass is 10.1. The van der Waals surface area contributed by atoms with E-state index >= 15 is 0 Å². The Bertz CT molecular complexity index is 560. The van der Waals surface area contributed by atoms with E-state index in [0.717, 1.165) is 0 Å². The highest BCUT2D eigenvalue weighted by Crippen LogP contribution is 2.58. The van der Waals surface area contributed by atoms with Crippen LogP contribution in [-0.2, 0) is 9.59 Å². The molecule has 1 aliphatic rings. The van der Waals surface area contributed by atoms with Crippen molar-refractivity contribution in [3.8, 4) is 0 Å². The molecule has 1 amide bonds. The lowest BCUT2D eigenvalue weighted by Gasteiger charge is -2.07. The van der Waals surface area contributed by atoms with E-state index in [-0.39, 0.29) is 5.91 Å². The highest BCUT2D eigenvalue weighted by Gasteiger charge is 2.65. The number of aliphatic carboxylic acids is 1. The number of benzene rings is 1. The van der Waals surface area contributed by atoms with Crippen LogP contribution in [0.25, 0.3) is 0 Å². The van der Waals surface area contributed by atoms with Gasteiger partial charge in [0.1, 0.15) is 0 Å². The monoisotopic (exact) mass is 315 g/mol. The maximum atomic E-state index is 12.2. The molecule has 1 fully saturated rings. The summed E-state index contributed by atoms with van der Waals surface area (Å²) in [4.78, 5) is 23.5. The van der Waals surface area contributed by atoms with Crippen molar-refractivity contribution in [2.75, 3.05) is 5.32 Å². The molecule has 1 saturated carbocycles. The van der Waals surface area contributed by atoms with Crippen molar-refractivity contribution >= 4 is 29.3 Å². The molecule has 1 aromatic rings. The molecule has 21 heavy (non-hydrogen) atoms. The topological polar surface area (TPSA) is 66.4 Å². The third kappa shape index (κ3) is 3.34. The Hall–Kier alpha value is -1.63. The van der Waals surface area contributed by atoms with Gasteiger partial charge in [-0.25, -0.2) is 0 Å². The van der Waals surface area contributed by atoms with Crippen molar-refractivity contribution in [2.45, 2.75) is 24.5 Å². The summed E-state index contributed by atoms with van der Waals surface area (Å²) < 4.78 is 24.4. The third-order valence-electron chi connectivity index (χ3n) is 3.72. The Labute approximate surface area is 124 Å². The quantitative estimate of drug-likeness (QED) is 0.818. The summed E-state index contributed by atoms with van der Waals surface area (Å²) in [6, 6.07) is 6.01. The minimum atomic E-state index is -2.49. The predicted molar refractivity (Wildman–Crippen MR) is 75.3 cm³/mol. The van der Waals surface area contributed by atoms with Crippen molar-refractivity contribution in [3.05, 3.63) is 24.3 Å². The van der Waals surface area contributed by atoms with Crippen LogP contribution < -0.4 is 5.32 Å². The number of anilines is 1. The van der Waals surface area contributed by atoms with Crippen molar-refractivity contribution < 1.29 is 23.5 Å². The Morgan fingerprint density at radius 1 is 1.24 bits per heavy atom. The van der Waals surface area contributed by atoms with Gasteiger partial charge < -0.3 is 10.4 Å². The van der Waals surface area contributed by atoms with E-state index in [4.69, 9.17) is 5.11 Å². The van der Waals surface area contributed by atoms with Crippen molar-refractivity contribution in [1.82, 2.24) is 0 Å². The van der Waals surface area contributed by atoms with Crippen LogP contribution >= 0.6 is 11.8 Å². The van der Waals surface area contributed by atoms with E-state index in [1.54, 1.807) is 13.8 Å². The number of hydrogen-bond acceptors (Lipinski definition) is 3. The molecule has 0 aromatic heterocycles. The first-order valence-electron chi connectivity index (χ1n) is 6.32. The molecule has 0 heterocycles. The summed E-state index contributed by atoms with van der Waals surface area (Å²) >= 11 is 0.425. The lowest BCUT2D eigenvalue weighted by Crippen LogP contribution is -2.17.